The second-order valence-corrected chi connectivity index (χ2v) is 8.15. The molecule has 0 saturated heterocycles. The second-order valence-electron chi connectivity index (χ2n) is 7.29. The molecular formula is C23H29BrN2O3. The van der Waals surface area contributed by atoms with Crippen LogP contribution in [0.4, 0.5) is 0 Å². The lowest BCUT2D eigenvalue weighted by molar-refractivity contribution is -0.143. The molecule has 5 nitrogen and oxygen atoms in total. The lowest BCUT2D eigenvalue weighted by Gasteiger charge is -2.31. The minimum absolute atomic E-state index is 0.00668. The van der Waals surface area contributed by atoms with Crippen LogP contribution in [-0.2, 0) is 16.1 Å². The quantitative estimate of drug-likeness (QED) is 0.600. The maximum atomic E-state index is 13.1. The van der Waals surface area contributed by atoms with Gasteiger partial charge in [-0.1, -0.05) is 53.2 Å². The molecule has 0 radical (unpaired) electrons. The molecule has 2 amide bonds. The Hall–Kier alpha value is -2.34. The van der Waals surface area contributed by atoms with Crippen molar-refractivity contribution in [1.29, 1.82) is 0 Å². The van der Waals surface area contributed by atoms with Crippen molar-refractivity contribution in [2.45, 2.75) is 52.7 Å². The third-order valence-corrected chi connectivity index (χ3v) is 5.39. The first-order chi connectivity index (χ1) is 13.8. The van der Waals surface area contributed by atoms with Crippen molar-refractivity contribution in [2.75, 3.05) is 6.61 Å². The number of halogens is 1. The highest BCUT2D eigenvalue weighted by molar-refractivity contribution is 9.10. The molecule has 0 aromatic heterocycles. The number of carbonyl (C=O) groups is 2. The Kier molecular flexibility index (Phi) is 8.70. The lowest BCUT2D eigenvalue weighted by atomic mass is 10.1. The third-order valence-electron chi connectivity index (χ3n) is 4.50. The minimum atomic E-state index is -0.555. The number of benzene rings is 2. The third kappa shape index (κ3) is 6.89. The second kappa shape index (κ2) is 11.0. The van der Waals surface area contributed by atoms with Crippen molar-refractivity contribution in [3.05, 3.63) is 64.1 Å². The van der Waals surface area contributed by atoms with Crippen LogP contribution < -0.4 is 10.1 Å². The summed E-state index contributed by atoms with van der Waals surface area (Å²) in [6.45, 7) is 7.92. The molecule has 1 atom stereocenters. The number of hydrogen-bond donors (Lipinski definition) is 1. The van der Waals surface area contributed by atoms with E-state index in [0.29, 0.717) is 18.7 Å². The van der Waals surface area contributed by atoms with Gasteiger partial charge in [-0.15, -0.1) is 0 Å². The van der Waals surface area contributed by atoms with E-state index in [9.17, 15) is 9.59 Å². The molecule has 0 bridgehead atoms. The Labute approximate surface area is 181 Å². The van der Waals surface area contributed by atoms with Gasteiger partial charge in [0.15, 0.2) is 6.61 Å². The molecule has 156 valence electrons. The number of nitrogens with one attached hydrogen (secondary N) is 1. The Morgan fingerprint density at radius 3 is 2.41 bits per heavy atom. The summed E-state index contributed by atoms with van der Waals surface area (Å²) in [7, 11) is 0. The summed E-state index contributed by atoms with van der Waals surface area (Å²) >= 11 is 3.46. The molecule has 0 aliphatic carbocycles. The highest BCUT2D eigenvalue weighted by Crippen LogP contribution is 2.22. The number of rotatable bonds is 9. The Balaban J connectivity index is 2.18. The van der Waals surface area contributed by atoms with Crippen LogP contribution >= 0.6 is 15.9 Å². The molecule has 2 aromatic rings. The molecule has 0 aliphatic heterocycles. The van der Waals surface area contributed by atoms with E-state index < -0.39 is 6.04 Å². The van der Waals surface area contributed by atoms with Gasteiger partial charge in [-0.3, -0.25) is 9.59 Å². The summed E-state index contributed by atoms with van der Waals surface area (Å²) in [5.74, 6) is 0.254. The number of carbonyl (C=O) groups excluding carboxylic acids is 2. The summed E-state index contributed by atoms with van der Waals surface area (Å²) in [5.41, 5.74) is 2.00. The van der Waals surface area contributed by atoms with Gasteiger partial charge in [0, 0.05) is 17.1 Å². The van der Waals surface area contributed by atoms with Gasteiger partial charge in [0.25, 0.3) is 5.91 Å². The van der Waals surface area contributed by atoms with Crippen LogP contribution in [-0.4, -0.2) is 35.4 Å². The predicted octanol–water partition coefficient (Wildman–Crippen LogP) is 4.47. The van der Waals surface area contributed by atoms with E-state index in [1.165, 1.54) is 0 Å². The topological polar surface area (TPSA) is 58.6 Å². The number of aryl methyl sites for hydroxylation is 1. The fraction of sp³-hybridized carbons (Fsp3) is 0.391. The highest BCUT2D eigenvalue weighted by Gasteiger charge is 2.29. The fourth-order valence-corrected chi connectivity index (χ4v) is 3.26. The maximum absolute atomic E-state index is 13.1. The average molecular weight is 461 g/mol. The number of amides is 2. The highest BCUT2D eigenvalue weighted by atomic mass is 79.9. The van der Waals surface area contributed by atoms with E-state index in [1.807, 2.05) is 76.2 Å². The molecule has 2 rings (SSSR count). The molecule has 0 heterocycles. The van der Waals surface area contributed by atoms with Crippen LogP contribution in [0.1, 0.15) is 38.3 Å². The Morgan fingerprint density at radius 1 is 1.14 bits per heavy atom. The van der Waals surface area contributed by atoms with E-state index in [0.717, 1.165) is 15.6 Å². The smallest absolute Gasteiger partial charge is 0.261 e. The summed E-state index contributed by atoms with van der Waals surface area (Å²) in [4.78, 5) is 27.4. The molecule has 6 heteroatoms. The van der Waals surface area contributed by atoms with Gasteiger partial charge in [-0.05, 0) is 56.5 Å². The first-order valence-corrected chi connectivity index (χ1v) is 10.6. The Bertz CT molecular complexity index is 824. The molecule has 2 aromatic carbocycles. The molecule has 0 saturated carbocycles. The van der Waals surface area contributed by atoms with Gasteiger partial charge >= 0.3 is 0 Å². The van der Waals surface area contributed by atoms with E-state index in [4.69, 9.17) is 4.74 Å². The van der Waals surface area contributed by atoms with Gasteiger partial charge in [0.2, 0.25) is 5.91 Å². The van der Waals surface area contributed by atoms with Crippen molar-refractivity contribution < 1.29 is 14.3 Å². The summed E-state index contributed by atoms with van der Waals surface area (Å²) in [6, 6.07) is 14.7. The number of hydrogen-bond acceptors (Lipinski definition) is 3. The molecule has 0 spiro atoms. The lowest BCUT2D eigenvalue weighted by Crippen LogP contribution is -2.51. The molecule has 1 N–H and O–H groups in total. The van der Waals surface area contributed by atoms with Gasteiger partial charge in [-0.2, -0.15) is 0 Å². The average Bonchev–Trinajstić information content (AvgIpc) is 2.68. The van der Waals surface area contributed by atoms with Crippen LogP contribution in [0.5, 0.6) is 5.75 Å². The molecule has 0 aliphatic rings. The van der Waals surface area contributed by atoms with E-state index in [1.54, 1.807) is 4.90 Å². The summed E-state index contributed by atoms with van der Waals surface area (Å²) in [6.07, 6.45) is 0.522. The zero-order chi connectivity index (χ0) is 21.4. The number of nitrogens with zero attached hydrogens (tertiary/aromatic N) is 1. The summed E-state index contributed by atoms with van der Waals surface area (Å²) < 4.78 is 6.72. The first kappa shape index (κ1) is 22.9. The van der Waals surface area contributed by atoms with Gasteiger partial charge in [0.05, 0.1) is 0 Å². The van der Waals surface area contributed by atoms with Crippen LogP contribution in [0.25, 0.3) is 0 Å². The zero-order valence-electron chi connectivity index (χ0n) is 17.4. The van der Waals surface area contributed by atoms with E-state index in [2.05, 4.69) is 21.2 Å². The minimum Gasteiger partial charge on any atom is -0.484 e. The monoisotopic (exact) mass is 460 g/mol. The van der Waals surface area contributed by atoms with Crippen molar-refractivity contribution in [3.63, 3.8) is 0 Å². The van der Waals surface area contributed by atoms with Crippen LogP contribution in [0.15, 0.2) is 53.0 Å². The first-order valence-electron chi connectivity index (χ1n) is 9.84. The standard InChI is InChI=1S/C23H29BrN2O3/c1-5-21(23(28)25-16(2)3)26(14-18-9-7-6-8-10-18)22(27)15-29-19-11-12-20(24)17(4)13-19/h6-13,16,21H,5,14-15H2,1-4H3,(H,25,28). The largest absolute Gasteiger partial charge is 0.484 e. The zero-order valence-corrected chi connectivity index (χ0v) is 19.0. The number of ether oxygens (including phenoxy) is 1. The van der Waals surface area contributed by atoms with Gasteiger partial charge < -0.3 is 15.0 Å². The van der Waals surface area contributed by atoms with Gasteiger partial charge in [0.1, 0.15) is 11.8 Å². The van der Waals surface area contributed by atoms with E-state index >= 15 is 0 Å². The molecule has 1 unspecified atom stereocenters. The Morgan fingerprint density at radius 2 is 1.83 bits per heavy atom. The van der Waals surface area contributed by atoms with Crippen molar-refractivity contribution in [1.82, 2.24) is 10.2 Å². The van der Waals surface area contributed by atoms with Crippen molar-refractivity contribution in [2.24, 2.45) is 0 Å². The predicted molar refractivity (Wildman–Crippen MR) is 119 cm³/mol. The fourth-order valence-electron chi connectivity index (χ4n) is 3.02. The van der Waals surface area contributed by atoms with E-state index in [-0.39, 0.29) is 24.5 Å². The molecule has 0 fully saturated rings. The molecular weight excluding hydrogens is 432 g/mol. The summed E-state index contributed by atoms with van der Waals surface area (Å²) in [5, 5.41) is 2.92. The molecule has 29 heavy (non-hydrogen) atoms. The van der Waals surface area contributed by atoms with Crippen LogP contribution in [0.2, 0.25) is 0 Å². The maximum Gasteiger partial charge on any atom is 0.261 e. The SMILES string of the molecule is CCC(C(=O)NC(C)C)N(Cc1ccccc1)C(=O)COc1ccc(Br)c(C)c1. The van der Waals surface area contributed by atoms with Crippen molar-refractivity contribution >= 4 is 27.7 Å². The van der Waals surface area contributed by atoms with Crippen molar-refractivity contribution in [3.8, 4) is 5.75 Å². The van der Waals surface area contributed by atoms with Crippen LogP contribution in [0, 0.1) is 6.92 Å². The van der Waals surface area contributed by atoms with Gasteiger partial charge in [-0.25, -0.2) is 0 Å². The van der Waals surface area contributed by atoms with Crippen LogP contribution in [0.3, 0.4) is 0 Å². The normalized spacial score (nSPS) is 11.8.